The predicted molar refractivity (Wildman–Crippen MR) is 82.5 cm³/mol. The van der Waals surface area contributed by atoms with Crippen LogP contribution in [-0.4, -0.2) is 23.4 Å². The van der Waals surface area contributed by atoms with Gasteiger partial charge < -0.3 is 5.32 Å². The maximum absolute atomic E-state index is 13.1. The van der Waals surface area contributed by atoms with E-state index in [2.05, 4.69) is 33.3 Å². The second-order valence-corrected chi connectivity index (χ2v) is 5.75. The Hall–Kier alpha value is -1.20. The molecule has 0 aliphatic rings. The van der Waals surface area contributed by atoms with Crippen molar-refractivity contribution in [1.29, 1.82) is 0 Å². The number of likely N-dealkylation sites (N-methyl/N-ethyl adjacent to an activating group) is 1. The Morgan fingerprint density at radius 2 is 2.10 bits per heavy atom. The molecule has 0 amide bonds. The van der Waals surface area contributed by atoms with Crippen molar-refractivity contribution in [3.63, 3.8) is 0 Å². The highest BCUT2D eigenvalue weighted by molar-refractivity contribution is 9.10. The molecule has 0 aliphatic carbocycles. The molecular weight excluding hydrogens is 321 g/mol. The summed E-state index contributed by atoms with van der Waals surface area (Å²) in [4.78, 5) is 0. The van der Waals surface area contributed by atoms with Gasteiger partial charge in [-0.15, -0.1) is 0 Å². The van der Waals surface area contributed by atoms with Crippen molar-refractivity contribution in [2.24, 2.45) is 0 Å². The summed E-state index contributed by atoms with van der Waals surface area (Å²) in [6.07, 6.45) is 0.971. The van der Waals surface area contributed by atoms with Gasteiger partial charge in [0.05, 0.1) is 12.2 Å². The molecule has 0 spiro atoms. The second-order valence-electron chi connectivity index (χ2n) is 4.90. The average Bonchev–Trinajstić information content (AvgIpc) is 2.66. The van der Waals surface area contributed by atoms with E-state index in [4.69, 9.17) is 0 Å². The van der Waals surface area contributed by atoms with Crippen LogP contribution in [0.2, 0.25) is 0 Å². The molecule has 108 valence electrons. The summed E-state index contributed by atoms with van der Waals surface area (Å²) < 4.78 is 15.9. The zero-order valence-corrected chi connectivity index (χ0v) is 13.6. The van der Waals surface area contributed by atoms with E-state index >= 15 is 0 Å². The van der Waals surface area contributed by atoms with Gasteiger partial charge in [0.1, 0.15) is 5.82 Å². The Balaban J connectivity index is 2.25. The first-order valence-electron chi connectivity index (χ1n) is 6.64. The van der Waals surface area contributed by atoms with Gasteiger partial charge in [-0.2, -0.15) is 5.10 Å². The lowest BCUT2D eigenvalue weighted by atomic mass is 10.1. The SMILES string of the molecule is CNCCc1c(C)nn(Cc2ccc(F)cc2Br)c1C. The molecule has 1 heterocycles. The van der Waals surface area contributed by atoms with E-state index < -0.39 is 0 Å². The molecule has 3 nitrogen and oxygen atoms in total. The smallest absolute Gasteiger partial charge is 0.124 e. The van der Waals surface area contributed by atoms with E-state index in [1.54, 1.807) is 6.07 Å². The Kier molecular flexibility index (Phi) is 4.94. The number of hydrogen-bond acceptors (Lipinski definition) is 2. The molecule has 0 aliphatic heterocycles. The summed E-state index contributed by atoms with van der Waals surface area (Å²) in [6.45, 7) is 5.71. The van der Waals surface area contributed by atoms with Crippen LogP contribution in [0.4, 0.5) is 4.39 Å². The molecule has 1 N–H and O–H groups in total. The third kappa shape index (κ3) is 3.27. The Morgan fingerprint density at radius 3 is 2.75 bits per heavy atom. The van der Waals surface area contributed by atoms with Crippen molar-refractivity contribution >= 4 is 15.9 Å². The first kappa shape index (κ1) is 15.2. The summed E-state index contributed by atoms with van der Waals surface area (Å²) in [5.41, 5.74) is 4.56. The molecule has 0 radical (unpaired) electrons. The van der Waals surface area contributed by atoms with Crippen molar-refractivity contribution in [3.05, 3.63) is 51.0 Å². The lowest BCUT2D eigenvalue weighted by Gasteiger charge is -2.08. The van der Waals surface area contributed by atoms with Gasteiger partial charge in [-0.05, 0) is 57.1 Å². The molecule has 0 atom stereocenters. The summed E-state index contributed by atoms with van der Waals surface area (Å²) in [6, 6.07) is 4.76. The zero-order chi connectivity index (χ0) is 14.7. The third-order valence-corrected chi connectivity index (χ3v) is 4.23. The molecule has 20 heavy (non-hydrogen) atoms. The minimum Gasteiger partial charge on any atom is -0.319 e. The maximum atomic E-state index is 13.1. The molecule has 0 unspecified atom stereocenters. The average molecular weight is 340 g/mol. The van der Waals surface area contributed by atoms with E-state index in [0.717, 1.165) is 28.7 Å². The van der Waals surface area contributed by atoms with E-state index in [1.807, 2.05) is 18.7 Å². The lowest BCUT2D eigenvalue weighted by Crippen LogP contribution is -2.11. The number of nitrogens with one attached hydrogen (secondary N) is 1. The van der Waals surface area contributed by atoms with Gasteiger partial charge in [0.25, 0.3) is 0 Å². The number of nitrogens with zero attached hydrogens (tertiary/aromatic N) is 2. The quantitative estimate of drug-likeness (QED) is 0.906. The molecule has 2 aromatic rings. The molecule has 2 rings (SSSR count). The number of aromatic nitrogens is 2. The van der Waals surface area contributed by atoms with Crippen LogP contribution in [0.15, 0.2) is 22.7 Å². The first-order valence-corrected chi connectivity index (χ1v) is 7.43. The van der Waals surface area contributed by atoms with Crippen LogP contribution in [0.1, 0.15) is 22.5 Å². The summed E-state index contributed by atoms with van der Waals surface area (Å²) in [5.74, 6) is -0.233. The van der Waals surface area contributed by atoms with Gasteiger partial charge in [0.2, 0.25) is 0 Å². The normalized spacial score (nSPS) is 11.1. The first-order chi connectivity index (χ1) is 9.52. The number of benzene rings is 1. The van der Waals surface area contributed by atoms with E-state index in [1.165, 1.54) is 23.4 Å². The predicted octanol–water partition coefficient (Wildman–Crippen LogP) is 3.21. The van der Waals surface area contributed by atoms with Crippen LogP contribution >= 0.6 is 15.9 Å². The Bertz CT molecular complexity index is 607. The second kappa shape index (κ2) is 6.50. The standard InChI is InChI=1S/C15H19BrFN3/c1-10-14(6-7-18-3)11(2)20(19-10)9-12-4-5-13(17)8-15(12)16/h4-5,8,18H,6-7,9H2,1-3H3. The minimum atomic E-state index is -0.233. The number of rotatable bonds is 5. The highest BCUT2D eigenvalue weighted by Crippen LogP contribution is 2.21. The van der Waals surface area contributed by atoms with Crippen molar-refractivity contribution < 1.29 is 4.39 Å². The van der Waals surface area contributed by atoms with E-state index in [-0.39, 0.29) is 5.82 Å². The molecule has 0 saturated heterocycles. The van der Waals surface area contributed by atoms with Crippen LogP contribution < -0.4 is 5.32 Å². The van der Waals surface area contributed by atoms with Crippen LogP contribution in [-0.2, 0) is 13.0 Å². The fourth-order valence-corrected chi connectivity index (χ4v) is 2.79. The number of halogens is 2. The van der Waals surface area contributed by atoms with E-state index in [0.29, 0.717) is 6.54 Å². The summed E-state index contributed by atoms with van der Waals surface area (Å²) in [7, 11) is 1.95. The zero-order valence-electron chi connectivity index (χ0n) is 12.0. The fourth-order valence-electron chi connectivity index (χ4n) is 2.31. The monoisotopic (exact) mass is 339 g/mol. The molecule has 0 bridgehead atoms. The molecule has 5 heteroatoms. The van der Waals surface area contributed by atoms with Crippen molar-refractivity contribution in [2.45, 2.75) is 26.8 Å². The molecule has 1 aromatic heterocycles. The maximum Gasteiger partial charge on any atom is 0.124 e. The van der Waals surface area contributed by atoms with Crippen LogP contribution in [0.25, 0.3) is 0 Å². The van der Waals surface area contributed by atoms with Crippen molar-refractivity contribution in [1.82, 2.24) is 15.1 Å². The molecule has 0 saturated carbocycles. The molecule has 1 aromatic carbocycles. The fraction of sp³-hybridized carbons (Fsp3) is 0.400. The van der Waals surface area contributed by atoms with Crippen LogP contribution in [0.3, 0.4) is 0 Å². The van der Waals surface area contributed by atoms with Gasteiger partial charge in [0, 0.05) is 10.2 Å². The largest absolute Gasteiger partial charge is 0.319 e. The number of aryl methyl sites for hydroxylation is 1. The van der Waals surface area contributed by atoms with Gasteiger partial charge in [-0.3, -0.25) is 4.68 Å². The topological polar surface area (TPSA) is 29.9 Å². The highest BCUT2D eigenvalue weighted by Gasteiger charge is 2.12. The van der Waals surface area contributed by atoms with E-state index in [9.17, 15) is 4.39 Å². The summed E-state index contributed by atoms with van der Waals surface area (Å²) in [5, 5.41) is 7.75. The minimum absolute atomic E-state index is 0.233. The van der Waals surface area contributed by atoms with Crippen LogP contribution in [0.5, 0.6) is 0 Å². The van der Waals surface area contributed by atoms with Gasteiger partial charge >= 0.3 is 0 Å². The van der Waals surface area contributed by atoms with Crippen molar-refractivity contribution in [2.75, 3.05) is 13.6 Å². The lowest BCUT2D eigenvalue weighted by molar-refractivity contribution is 0.620. The molecular formula is C15H19BrFN3. The summed E-state index contributed by atoms with van der Waals surface area (Å²) >= 11 is 3.41. The van der Waals surface area contributed by atoms with Crippen molar-refractivity contribution in [3.8, 4) is 0 Å². The van der Waals surface area contributed by atoms with Gasteiger partial charge in [-0.1, -0.05) is 22.0 Å². The van der Waals surface area contributed by atoms with Gasteiger partial charge in [0.15, 0.2) is 0 Å². The van der Waals surface area contributed by atoms with Gasteiger partial charge in [-0.25, -0.2) is 4.39 Å². The Morgan fingerprint density at radius 1 is 1.35 bits per heavy atom. The number of hydrogen-bond donors (Lipinski definition) is 1. The molecule has 0 fully saturated rings. The highest BCUT2D eigenvalue weighted by atomic mass is 79.9. The third-order valence-electron chi connectivity index (χ3n) is 3.49. The Labute approximate surface area is 127 Å². The van der Waals surface area contributed by atoms with Crippen LogP contribution in [0, 0.1) is 19.7 Å².